The molecule has 2 aliphatic rings. The quantitative estimate of drug-likeness (QED) is 0.816. The van der Waals surface area contributed by atoms with Gasteiger partial charge < -0.3 is 15.1 Å². The molecule has 0 unspecified atom stereocenters. The Morgan fingerprint density at radius 1 is 1.21 bits per heavy atom. The molecule has 1 aromatic carbocycles. The van der Waals surface area contributed by atoms with Gasteiger partial charge in [-0.05, 0) is 44.0 Å². The Balaban J connectivity index is 1.71. The van der Waals surface area contributed by atoms with E-state index in [9.17, 15) is 18.0 Å². The second-order valence-electron chi connectivity index (χ2n) is 7.50. The van der Waals surface area contributed by atoms with Gasteiger partial charge >= 0.3 is 6.18 Å². The van der Waals surface area contributed by atoms with Gasteiger partial charge in [-0.25, -0.2) is 4.98 Å². The number of piperidine rings is 1. The van der Waals surface area contributed by atoms with E-state index >= 15 is 0 Å². The number of carbonyl (C=O) groups excluding carboxylic acids is 1. The number of amides is 1. The molecule has 28 heavy (non-hydrogen) atoms. The molecule has 2 saturated heterocycles. The van der Waals surface area contributed by atoms with Crippen LogP contribution in [0.5, 0.6) is 0 Å². The number of carbonyl (C=O) groups is 1. The van der Waals surface area contributed by atoms with Crippen LogP contribution in [0.2, 0.25) is 0 Å². The Kier molecular flexibility index (Phi) is 5.14. The number of pyridine rings is 1. The van der Waals surface area contributed by atoms with Gasteiger partial charge in [-0.2, -0.15) is 13.2 Å². The van der Waals surface area contributed by atoms with E-state index in [1.165, 1.54) is 0 Å². The lowest BCUT2D eigenvalue weighted by molar-refractivity contribution is -0.140. The van der Waals surface area contributed by atoms with Gasteiger partial charge in [0.15, 0.2) is 0 Å². The number of benzene rings is 1. The molecule has 0 spiro atoms. The van der Waals surface area contributed by atoms with E-state index in [4.69, 9.17) is 0 Å². The predicted molar refractivity (Wildman–Crippen MR) is 101 cm³/mol. The van der Waals surface area contributed by atoms with Gasteiger partial charge in [0.2, 0.25) is 6.41 Å². The summed E-state index contributed by atoms with van der Waals surface area (Å²) in [6.45, 7) is 3.32. The third kappa shape index (κ3) is 3.65. The number of nitrogens with zero attached hydrogens (tertiary/aromatic N) is 3. The zero-order valence-electron chi connectivity index (χ0n) is 15.5. The second kappa shape index (κ2) is 7.58. The molecule has 2 fully saturated rings. The first-order chi connectivity index (χ1) is 13.5. The average molecular weight is 392 g/mol. The third-order valence-corrected chi connectivity index (χ3v) is 5.80. The third-order valence-electron chi connectivity index (χ3n) is 5.80. The maximum absolute atomic E-state index is 13.4. The highest BCUT2D eigenvalue weighted by molar-refractivity contribution is 5.92. The molecule has 1 amide bonds. The molecule has 2 aromatic rings. The Hall–Kier alpha value is -2.35. The smallest absolute Gasteiger partial charge is 0.367 e. The van der Waals surface area contributed by atoms with E-state index in [0.717, 1.165) is 38.4 Å². The van der Waals surface area contributed by atoms with Crippen LogP contribution in [0.1, 0.15) is 18.5 Å². The highest BCUT2D eigenvalue weighted by Crippen LogP contribution is 2.36. The van der Waals surface area contributed by atoms with Gasteiger partial charge in [0.1, 0.15) is 5.69 Å². The second-order valence-corrected chi connectivity index (χ2v) is 7.50. The first-order valence-corrected chi connectivity index (χ1v) is 9.61. The summed E-state index contributed by atoms with van der Waals surface area (Å²) in [5.41, 5.74) is -0.00633. The lowest BCUT2D eigenvalue weighted by atomic mass is 9.89. The summed E-state index contributed by atoms with van der Waals surface area (Å²) in [6.07, 6.45) is -1.57. The molecule has 4 rings (SSSR count). The summed E-state index contributed by atoms with van der Waals surface area (Å²) >= 11 is 0. The molecule has 2 aliphatic heterocycles. The van der Waals surface area contributed by atoms with Crippen LogP contribution in [0.4, 0.5) is 18.9 Å². The molecule has 1 aromatic heterocycles. The number of alkyl halides is 3. The summed E-state index contributed by atoms with van der Waals surface area (Å²) in [5, 5.41) is 4.07. The lowest BCUT2D eigenvalue weighted by Gasteiger charge is -2.45. The van der Waals surface area contributed by atoms with E-state index < -0.39 is 11.9 Å². The van der Waals surface area contributed by atoms with E-state index in [2.05, 4.69) is 10.3 Å². The molecular formula is C20H23F3N4O. The van der Waals surface area contributed by atoms with Crippen molar-refractivity contribution in [3.8, 4) is 0 Å². The standard InChI is InChI=1S/C20H23F3N4O/c21-20(22,23)19-10-17(15-5-1-2-6-16(15)25-19)26-8-9-27(13-28)18(12-26)14-4-3-7-24-11-14/h1-2,5-6,10,13-14,18,24H,3-4,7-9,11-12H2/t14-,18+/m1/s1. The van der Waals surface area contributed by atoms with Crippen LogP contribution in [0.25, 0.3) is 10.9 Å². The van der Waals surface area contributed by atoms with Crippen LogP contribution in [0, 0.1) is 5.92 Å². The first-order valence-electron chi connectivity index (χ1n) is 9.61. The predicted octanol–water partition coefficient (Wildman–Crippen LogP) is 2.90. The average Bonchev–Trinajstić information content (AvgIpc) is 2.72. The summed E-state index contributed by atoms with van der Waals surface area (Å²) in [4.78, 5) is 19.2. The number of fused-ring (bicyclic) bond motifs is 1. The van der Waals surface area contributed by atoms with Crippen molar-refractivity contribution >= 4 is 23.0 Å². The Morgan fingerprint density at radius 2 is 2.04 bits per heavy atom. The summed E-state index contributed by atoms with van der Waals surface area (Å²) < 4.78 is 40.2. The van der Waals surface area contributed by atoms with Gasteiger partial charge in [-0.3, -0.25) is 4.79 Å². The maximum atomic E-state index is 13.4. The van der Waals surface area contributed by atoms with E-state index in [0.29, 0.717) is 42.1 Å². The van der Waals surface area contributed by atoms with Gasteiger partial charge in [0.25, 0.3) is 0 Å². The van der Waals surface area contributed by atoms with Gasteiger partial charge in [0, 0.05) is 30.7 Å². The van der Waals surface area contributed by atoms with Crippen molar-refractivity contribution in [1.82, 2.24) is 15.2 Å². The number of hydrogen-bond donors (Lipinski definition) is 1. The SMILES string of the molecule is O=CN1CCN(c2cc(C(F)(F)F)nc3ccccc23)C[C@H]1[C@@H]1CCCNC1. The topological polar surface area (TPSA) is 48.5 Å². The van der Waals surface area contributed by atoms with Crippen molar-refractivity contribution in [1.29, 1.82) is 0 Å². The maximum Gasteiger partial charge on any atom is 0.433 e. The Morgan fingerprint density at radius 3 is 2.75 bits per heavy atom. The minimum atomic E-state index is -4.50. The molecule has 3 heterocycles. The monoisotopic (exact) mass is 392 g/mol. The molecule has 8 heteroatoms. The zero-order chi connectivity index (χ0) is 19.7. The molecule has 150 valence electrons. The number of piperazine rings is 1. The van der Waals surface area contributed by atoms with Crippen molar-refractivity contribution < 1.29 is 18.0 Å². The molecule has 0 saturated carbocycles. The Labute approximate surface area is 161 Å². The van der Waals surface area contributed by atoms with Crippen molar-refractivity contribution in [2.75, 3.05) is 37.6 Å². The van der Waals surface area contributed by atoms with Gasteiger partial charge in [0.05, 0.1) is 11.6 Å². The zero-order valence-corrected chi connectivity index (χ0v) is 15.5. The van der Waals surface area contributed by atoms with Crippen LogP contribution >= 0.6 is 0 Å². The first kappa shape index (κ1) is 19.0. The van der Waals surface area contributed by atoms with Crippen LogP contribution in [-0.2, 0) is 11.0 Å². The highest BCUT2D eigenvalue weighted by Gasteiger charge is 2.36. The number of halogens is 3. The van der Waals surface area contributed by atoms with Gasteiger partial charge in [-0.15, -0.1) is 0 Å². The Bertz CT molecular complexity index is 851. The fourth-order valence-electron chi connectivity index (χ4n) is 4.36. The minimum Gasteiger partial charge on any atom is -0.367 e. The van der Waals surface area contributed by atoms with Crippen LogP contribution in [0.15, 0.2) is 30.3 Å². The van der Waals surface area contributed by atoms with Crippen molar-refractivity contribution in [3.63, 3.8) is 0 Å². The largest absolute Gasteiger partial charge is 0.433 e. The number of aromatic nitrogens is 1. The number of anilines is 1. The summed E-state index contributed by atoms with van der Waals surface area (Å²) in [6, 6.07) is 8.06. The molecule has 2 atom stereocenters. The number of para-hydroxylation sites is 1. The van der Waals surface area contributed by atoms with E-state index in [-0.39, 0.29) is 6.04 Å². The van der Waals surface area contributed by atoms with Gasteiger partial charge in [-0.1, -0.05) is 18.2 Å². The van der Waals surface area contributed by atoms with Crippen molar-refractivity contribution in [2.24, 2.45) is 5.92 Å². The summed E-state index contributed by atoms with van der Waals surface area (Å²) in [5.74, 6) is 0.303. The molecule has 0 radical (unpaired) electrons. The number of rotatable bonds is 3. The summed E-state index contributed by atoms with van der Waals surface area (Å²) in [7, 11) is 0. The number of hydrogen-bond acceptors (Lipinski definition) is 4. The molecule has 5 nitrogen and oxygen atoms in total. The lowest BCUT2D eigenvalue weighted by Crippen LogP contribution is -2.57. The van der Waals surface area contributed by atoms with E-state index in [1.54, 1.807) is 18.2 Å². The fraction of sp³-hybridized carbons (Fsp3) is 0.500. The minimum absolute atomic E-state index is 0.0136. The molecule has 0 aliphatic carbocycles. The van der Waals surface area contributed by atoms with Crippen LogP contribution < -0.4 is 10.2 Å². The van der Waals surface area contributed by atoms with E-state index in [1.807, 2.05) is 15.9 Å². The highest BCUT2D eigenvalue weighted by atomic mass is 19.4. The van der Waals surface area contributed by atoms with Crippen molar-refractivity contribution in [3.05, 3.63) is 36.0 Å². The molecule has 1 N–H and O–H groups in total. The van der Waals surface area contributed by atoms with Crippen LogP contribution in [0.3, 0.4) is 0 Å². The fourth-order valence-corrected chi connectivity index (χ4v) is 4.36. The van der Waals surface area contributed by atoms with Crippen molar-refractivity contribution in [2.45, 2.75) is 25.1 Å². The molecule has 0 bridgehead atoms. The van der Waals surface area contributed by atoms with Crippen LogP contribution in [-0.4, -0.2) is 55.1 Å². The normalized spacial score (nSPS) is 23.8. The molecular weight excluding hydrogens is 369 g/mol. The number of nitrogens with one attached hydrogen (secondary N) is 1.